The van der Waals surface area contributed by atoms with Gasteiger partial charge in [0, 0.05) is 11.3 Å². The van der Waals surface area contributed by atoms with E-state index in [1.54, 1.807) is 29.6 Å². The maximum atomic E-state index is 13.0. The molecule has 150 valence electrons. The number of thiophene rings is 1. The molecule has 1 heterocycles. The van der Waals surface area contributed by atoms with E-state index in [9.17, 15) is 13.2 Å². The SMILES string of the molecule is O=C(Nc1ccccc1-c1ccccc1)c1sccc1NS(=O)(=O)c1ccccc1. The minimum Gasteiger partial charge on any atom is -0.321 e. The molecule has 0 saturated heterocycles. The van der Waals surface area contributed by atoms with Crippen molar-refractivity contribution >= 4 is 38.6 Å². The van der Waals surface area contributed by atoms with Crippen molar-refractivity contribution in [2.45, 2.75) is 4.90 Å². The second-order valence-corrected chi connectivity index (χ2v) is 9.05. The normalized spacial score (nSPS) is 11.1. The molecule has 7 heteroatoms. The van der Waals surface area contributed by atoms with Crippen LogP contribution in [0.3, 0.4) is 0 Å². The Bertz CT molecular complexity index is 1270. The fraction of sp³-hybridized carbons (Fsp3) is 0. The van der Waals surface area contributed by atoms with Gasteiger partial charge in [0.25, 0.3) is 15.9 Å². The topological polar surface area (TPSA) is 75.3 Å². The number of anilines is 2. The van der Waals surface area contributed by atoms with Crippen LogP contribution in [0.4, 0.5) is 11.4 Å². The summed E-state index contributed by atoms with van der Waals surface area (Å²) in [6.07, 6.45) is 0. The van der Waals surface area contributed by atoms with Crippen LogP contribution in [-0.4, -0.2) is 14.3 Å². The lowest BCUT2D eigenvalue weighted by atomic mass is 10.0. The van der Waals surface area contributed by atoms with Crippen LogP contribution in [0.25, 0.3) is 11.1 Å². The van der Waals surface area contributed by atoms with Crippen LogP contribution in [-0.2, 0) is 10.0 Å². The predicted molar refractivity (Wildman–Crippen MR) is 121 cm³/mol. The Balaban J connectivity index is 1.60. The molecule has 30 heavy (non-hydrogen) atoms. The van der Waals surface area contributed by atoms with Gasteiger partial charge in [-0.15, -0.1) is 11.3 Å². The second kappa shape index (κ2) is 8.52. The zero-order valence-electron chi connectivity index (χ0n) is 15.8. The summed E-state index contributed by atoms with van der Waals surface area (Å²) in [5.41, 5.74) is 2.76. The minimum atomic E-state index is -3.79. The highest BCUT2D eigenvalue weighted by Gasteiger charge is 2.20. The molecule has 1 aromatic heterocycles. The molecular formula is C23H18N2O3S2. The van der Waals surface area contributed by atoms with E-state index < -0.39 is 10.0 Å². The summed E-state index contributed by atoms with van der Waals surface area (Å²) < 4.78 is 27.8. The number of sulfonamides is 1. The van der Waals surface area contributed by atoms with E-state index in [2.05, 4.69) is 10.0 Å². The van der Waals surface area contributed by atoms with Crippen molar-refractivity contribution in [3.63, 3.8) is 0 Å². The van der Waals surface area contributed by atoms with E-state index >= 15 is 0 Å². The number of para-hydroxylation sites is 1. The Morgan fingerprint density at radius 3 is 2.10 bits per heavy atom. The molecule has 0 aliphatic carbocycles. The van der Waals surface area contributed by atoms with E-state index in [1.807, 2.05) is 54.6 Å². The fourth-order valence-electron chi connectivity index (χ4n) is 3.01. The third kappa shape index (κ3) is 4.27. The molecule has 0 spiro atoms. The molecule has 4 aromatic rings. The van der Waals surface area contributed by atoms with Crippen molar-refractivity contribution in [3.8, 4) is 11.1 Å². The van der Waals surface area contributed by atoms with Crippen LogP contribution in [0.5, 0.6) is 0 Å². The number of rotatable bonds is 6. The molecule has 1 amide bonds. The summed E-state index contributed by atoms with van der Waals surface area (Å²) in [6, 6.07) is 26.9. The highest BCUT2D eigenvalue weighted by Crippen LogP contribution is 2.30. The lowest BCUT2D eigenvalue weighted by Crippen LogP contribution is -2.17. The average molecular weight is 435 g/mol. The number of benzene rings is 3. The third-order valence-electron chi connectivity index (χ3n) is 4.43. The van der Waals surface area contributed by atoms with Crippen LogP contribution in [0.2, 0.25) is 0 Å². The van der Waals surface area contributed by atoms with Gasteiger partial charge in [-0.05, 0) is 35.2 Å². The predicted octanol–water partition coefficient (Wildman–Crippen LogP) is 5.47. The van der Waals surface area contributed by atoms with Gasteiger partial charge in [0.05, 0.1) is 10.6 Å². The van der Waals surface area contributed by atoms with Gasteiger partial charge in [0.1, 0.15) is 4.88 Å². The summed E-state index contributed by atoms with van der Waals surface area (Å²) in [6.45, 7) is 0. The van der Waals surface area contributed by atoms with Gasteiger partial charge in [-0.2, -0.15) is 0 Å². The standard InChI is InChI=1S/C23H18N2O3S2/c26-23(24-20-14-8-7-13-19(20)17-9-3-1-4-10-17)22-21(15-16-29-22)25-30(27,28)18-11-5-2-6-12-18/h1-16,25H,(H,24,26). The zero-order chi connectivity index (χ0) is 21.0. The van der Waals surface area contributed by atoms with Crippen molar-refractivity contribution < 1.29 is 13.2 Å². The number of nitrogens with one attached hydrogen (secondary N) is 2. The molecule has 0 aliphatic rings. The lowest BCUT2D eigenvalue weighted by Gasteiger charge is -2.12. The van der Waals surface area contributed by atoms with Crippen LogP contribution in [0.15, 0.2) is 101 Å². The molecule has 0 bridgehead atoms. The van der Waals surface area contributed by atoms with Gasteiger partial charge in [0.15, 0.2) is 0 Å². The Kier molecular flexibility index (Phi) is 5.65. The molecule has 0 atom stereocenters. The van der Waals surface area contributed by atoms with Crippen LogP contribution < -0.4 is 10.0 Å². The van der Waals surface area contributed by atoms with Crippen LogP contribution in [0, 0.1) is 0 Å². The first kappa shape index (κ1) is 19.9. The molecular weight excluding hydrogens is 416 g/mol. The van der Waals surface area contributed by atoms with Crippen molar-refractivity contribution in [3.05, 3.63) is 101 Å². The van der Waals surface area contributed by atoms with Crippen LogP contribution >= 0.6 is 11.3 Å². The van der Waals surface area contributed by atoms with Gasteiger partial charge in [-0.25, -0.2) is 8.42 Å². The Morgan fingerprint density at radius 2 is 1.37 bits per heavy atom. The van der Waals surface area contributed by atoms with Gasteiger partial charge >= 0.3 is 0 Å². The first-order chi connectivity index (χ1) is 14.5. The molecule has 3 aromatic carbocycles. The Labute approximate surface area is 179 Å². The highest BCUT2D eigenvalue weighted by atomic mass is 32.2. The second-order valence-electron chi connectivity index (χ2n) is 6.45. The fourth-order valence-corrected chi connectivity index (χ4v) is 4.91. The van der Waals surface area contributed by atoms with E-state index in [0.29, 0.717) is 5.69 Å². The number of carbonyl (C=O) groups excluding carboxylic acids is 1. The summed E-state index contributed by atoms with van der Waals surface area (Å²) in [5.74, 6) is -0.376. The third-order valence-corrected chi connectivity index (χ3v) is 6.72. The van der Waals surface area contributed by atoms with Gasteiger partial charge in [-0.1, -0.05) is 66.7 Å². The Hall–Kier alpha value is -3.42. The van der Waals surface area contributed by atoms with Crippen molar-refractivity contribution in [1.29, 1.82) is 0 Å². The lowest BCUT2D eigenvalue weighted by molar-refractivity contribution is 0.103. The monoisotopic (exact) mass is 434 g/mol. The van der Waals surface area contributed by atoms with E-state index in [1.165, 1.54) is 23.5 Å². The zero-order valence-corrected chi connectivity index (χ0v) is 17.4. The van der Waals surface area contributed by atoms with Gasteiger partial charge in [0.2, 0.25) is 0 Å². The smallest absolute Gasteiger partial charge is 0.267 e. The quantitative estimate of drug-likeness (QED) is 0.423. The van der Waals surface area contributed by atoms with Gasteiger partial charge < -0.3 is 5.32 Å². The number of carbonyl (C=O) groups is 1. The summed E-state index contributed by atoms with van der Waals surface area (Å²) in [7, 11) is -3.79. The molecule has 5 nitrogen and oxygen atoms in total. The highest BCUT2D eigenvalue weighted by molar-refractivity contribution is 7.92. The minimum absolute atomic E-state index is 0.136. The van der Waals surface area contributed by atoms with Crippen molar-refractivity contribution in [2.24, 2.45) is 0 Å². The Morgan fingerprint density at radius 1 is 0.733 bits per heavy atom. The number of hydrogen-bond donors (Lipinski definition) is 2. The molecule has 4 rings (SSSR count). The van der Waals surface area contributed by atoms with E-state index in [-0.39, 0.29) is 21.4 Å². The summed E-state index contributed by atoms with van der Waals surface area (Å²) >= 11 is 1.18. The largest absolute Gasteiger partial charge is 0.321 e. The first-order valence-electron chi connectivity index (χ1n) is 9.16. The van der Waals surface area contributed by atoms with Crippen LogP contribution in [0.1, 0.15) is 9.67 Å². The van der Waals surface area contributed by atoms with Gasteiger partial charge in [-0.3, -0.25) is 9.52 Å². The van der Waals surface area contributed by atoms with Crippen molar-refractivity contribution in [1.82, 2.24) is 0 Å². The molecule has 0 radical (unpaired) electrons. The van der Waals surface area contributed by atoms with Crippen molar-refractivity contribution in [2.75, 3.05) is 10.0 Å². The van der Waals surface area contributed by atoms with E-state index in [4.69, 9.17) is 0 Å². The molecule has 0 aliphatic heterocycles. The maximum absolute atomic E-state index is 13.0. The average Bonchev–Trinajstić information content (AvgIpc) is 3.23. The number of amides is 1. The molecule has 0 unspecified atom stereocenters. The number of hydrogen-bond acceptors (Lipinski definition) is 4. The molecule has 0 fully saturated rings. The summed E-state index contributed by atoms with van der Waals surface area (Å²) in [4.78, 5) is 13.4. The maximum Gasteiger partial charge on any atom is 0.267 e. The molecule has 2 N–H and O–H groups in total. The molecule has 0 saturated carbocycles. The first-order valence-corrected chi connectivity index (χ1v) is 11.5. The summed E-state index contributed by atoms with van der Waals surface area (Å²) in [5, 5.41) is 4.60. The van der Waals surface area contributed by atoms with E-state index in [0.717, 1.165) is 11.1 Å².